The first kappa shape index (κ1) is 12.2. The normalized spacial score (nSPS) is 10.7. The number of halogens is 2. The third kappa shape index (κ3) is 11.9. The van der Waals surface area contributed by atoms with Crippen molar-refractivity contribution in [1.29, 1.82) is 0 Å². The summed E-state index contributed by atoms with van der Waals surface area (Å²) >= 11 is 5.28. The molecule has 0 aliphatic carbocycles. The van der Waals surface area contributed by atoms with E-state index in [0.29, 0.717) is 6.73 Å². The Morgan fingerprint density at radius 2 is 1.78 bits per heavy atom. The smallest absolute Gasteiger partial charge is 0.183 e. The van der Waals surface area contributed by atoms with E-state index in [0.717, 1.165) is 4.48 Å². The Morgan fingerprint density at radius 3 is 1.89 bits per heavy atom. The number of alkyl halides is 1. The van der Waals surface area contributed by atoms with Gasteiger partial charge in [-0.2, -0.15) is 0 Å². The first-order valence-electron chi connectivity index (χ1n) is 2.50. The minimum absolute atomic E-state index is 0. The summed E-state index contributed by atoms with van der Waals surface area (Å²) in [5, 5.41) is 0. The lowest BCUT2D eigenvalue weighted by atomic mass is 10.7. The molecule has 0 saturated heterocycles. The maximum absolute atomic E-state index is 5.28. The Hall–Kier alpha value is 0.500. The van der Waals surface area contributed by atoms with Crippen LogP contribution in [0.3, 0.4) is 0 Å². The molecule has 0 rings (SSSR count). The first-order chi connectivity index (χ1) is 3.56. The van der Waals surface area contributed by atoms with E-state index in [1.54, 1.807) is 0 Å². The van der Waals surface area contributed by atoms with Gasteiger partial charge in [0.15, 0.2) is 6.73 Å². The number of quaternary nitrogens is 1. The molecule has 0 atom stereocenters. The van der Waals surface area contributed by atoms with Crippen molar-refractivity contribution in [2.75, 3.05) is 33.9 Å². The predicted molar refractivity (Wildman–Crippen MR) is 34.7 cm³/mol. The van der Waals surface area contributed by atoms with E-state index in [4.69, 9.17) is 16.3 Å². The average Bonchev–Trinajstić information content (AvgIpc) is 1.59. The van der Waals surface area contributed by atoms with Crippen molar-refractivity contribution in [2.45, 2.75) is 0 Å². The Kier molecular flexibility index (Phi) is 7.18. The van der Waals surface area contributed by atoms with E-state index in [2.05, 4.69) is 0 Å². The molecule has 4 heteroatoms. The maximum Gasteiger partial charge on any atom is 0.183 e. The highest BCUT2D eigenvalue weighted by molar-refractivity contribution is 6.17. The van der Waals surface area contributed by atoms with Gasteiger partial charge in [-0.25, -0.2) is 0 Å². The first-order valence-corrected chi connectivity index (χ1v) is 3.04. The third-order valence-electron chi connectivity index (χ3n) is 0.556. The molecule has 0 saturated carbocycles. The van der Waals surface area contributed by atoms with Crippen LogP contribution in [-0.2, 0) is 4.74 Å². The van der Waals surface area contributed by atoms with Crippen molar-refractivity contribution >= 4 is 11.6 Å². The van der Waals surface area contributed by atoms with Gasteiger partial charge in [-0.05, 0) is 0 Å². The van der Waals surface area contributed by atoms with Crippen LogP contribution in [0.25, 0.3) is 0 Å². The van der Waals surface area contributed by atoms with E-state index >= 15 is 0 Å². The average molecular weight is 174 g/mol. The predicted octanol–water partition coefficient (Wildman–Crippen LogP) is -2.13. The second-order valence-electron chi connectivity index (χ2n) is 2.73. The van der Waals surface area contributed by atoms with Crippen LogP contribution in [0, 0.1) is 0 Å². The molecule has 0 unspecified atom stereocenters. The minimum Gasteiger partial charge on any atom is -1.00 e. The Balaban J connectivity index is 0. The Labute approximate surface area is 67.7 Å². The van der Waals surface area contributed by atoms with Crippen LogP contribution in [0.4, 0.5) is 0 Å². The maximum atomic E-state index is 5.28. The zero-order chi connectivity index (χ0) is 6.62. The molecule has 0 aliphatic heterocycles. The highest BCUT2D eigenvalue weighted by Gasteiger charge is 2.03. The van der Waals surface area contributed by atoms with Crippen LogP contribution in [-0.4, -0.2) is 38.4 Å². The molecule has 0 aromatic heterocycles. The zero-order valence-corrected chi connectivity index (χ0v) is 7.54. The lowest BCUT2D eigenvalue weighted by Crippen LogP contribution is -3.00. The molecule has 2 nitrogen and oxygen atoms in total. The quantitative estimate of drug-likeness (QED) is 0.270. The van der Waals surface area contributed by atoms with Gasteiger partial charge in [0.05, 0.1) is 21.1 Å². The van der Waals surface area contributed by atoms with E-state index in [-0.39, 0.29) is 18.5 Å². The number of hydrogen-bond acceptors (Lipinski definition) is 1. The summed E-state index contributed by atoms with van der Waals surface area (Å²) in [6.07, 6.45) is 0. The summed E-state index contributed by atoms with van der Waals surface area (Å²) in [6.45, 7) is 0.670. The third-order valence-corrected chi connectivity index (χ3v) is 0.710. The van der Waals surface area contributed by atoms with Gasteiger partial charge in [0, 0.05) is 0 Å². The summed E-state index contributed by atoms with van der Waals surface area (Å²) in [6, 6.07) is 0.287. The van der Waals surface area contributed by atoms with Crippen LogP contribution >= 0.6 is 11.6 Å². The molecule has 0 N–H and O–H groups in total. The van der Waals surface area contributed by atoms with Gasteiger partial charge < -0.3 is 21.6 Å². The molecule has 58 valence electrons. The van der Waals surface area contributed by atoms with Gasteiger partial charge in [-0.15, -0.1) is 0 Å². The second kappa shape index (κ2) is 5.30. The Morgan fingerprint density at radius 1 is 1.33 bits per heavy atom. The SMILES string of the molecule is C[N+](C)(C)COCCl.[Cl-]. The summed E-state index contributed by atoms with van der Waals surface area (Å²) < 4.78 is 5.73. The fourth-order valence-electron chi connectivity index (χ4n) is 0.308. The van der Waals surface area contributed by atoms with Gasteiger partial charge in [-0.1, -0.05) is 11.6 Å². The summed E-state index contributed by atoms with van der Waals surface area (Å²) in [5.41, 5.74) is 0. The highest BCUT2D eigenvalue weighted by Crippen LogP contribution is 1.90. The number of ether oxygens (including phenoxy) is 1. The van der Waals surface area contributed by atoms with Gasteiger partial charge in [0.2, 0.25) is 0 Å². The molecule has 9 heavy (non-hydrogen) atoms. The van der Waals surface area contributed by atoms with Crippen molar-refractivity contribution < 1.29 is 21.6 Å². The lowest BCUT2D eigenvalue weighted by molar-refractivity contribution is -0.890. The highest BCUT2D eigenvalue weighted by atomic mass is 35.5. The van der Waals surface area contributed by atoms with Crippen molar-refractivity contribution in [3.63, 3.8) is 0 Å². The standard InChI is InChI=1S/C5H13ClNO.ClH/c1-7(2,3)5-8-4-6;/h4-5H2,1-3H3;1H/q+1;/p-1. The van der Waals surface area contributed by atoms with E-state index in [1.807, 2.05) is 21.1 Å². The van der Waals surface area contributed by atoms with E-state index in [9.17, 15) is 0 Å². The largest absolute Gasteiger partial charge is 1.00 e. The molecule has 0 aromatic carbocycles. The van der Waals surface area contributed by atoms with Crippen LogP contribution in [0.5, 0.6) is 0 Å². The fraction of sp³-hybridized carbons (Fsp3) is 1.00. The van der Waals surface area contributed by atoms with Crippen molar-refractivity contribution in [2.24, 2.45) is 0 Å². The number of rotatable bonds is 3. The molecular formula is C5H13Cl2NO. The monoisotopic (exact) mass is 173 g/mol. The molecule has 0 fully saturated rings. The molecule has 0 spiro atoms. The van der Waals surface area contributed by atoms with E-state index in [1.165, 1.54) is 0 Å². The van der Waals surface area contributed by atoms with E-state index < -0.39 is 0 Å². The van der Waals surface area contributed by atoms with Gasteiger partial charge in [0.1, 0.15) is 6.07 Å². The van der Waals surface area contributed by atoms with Crippen LogP contribution < -0.4 is 12.4 Å². The van der Waals surface area contributed by atoms with Gasteiger partial charge in [0.25, 0.3) is 0 Å². The van der Waals surface area contributed by atoms with Crippen LogP contribution in [0.1, 0.15) is 0 Å². The number of nitrogens with zero attached hydrogens (tertiary/aromatic N) is 1. The van der Waals surface area contributed by atoms with Crippen molar-refractivity contribution in [3.8, 4) is 0 Å². The number of hydrogen-bond donors (Lipinski definition) is 0. The van der Waals surface area contributed by atoms with Crippen molar-refractivity contribution in [3.05, 3.63) is 0 Å². The van der Waals surface area contributed by atoms with Crippen LogP contribution in [0.2, 0.25) is 0 Å². The van der Waals surface area contributed by atoms with Crippen LogP contribution in [0.15, 0.2) is 0 Å². The second-order valence-corrected chi connectivity index (χ2v) is 2.95. The molecule has 0 amide bonds. The molecular weight excluding hydrogens is 161 g/mol. The molecule has 0 aliphatic rings. The van der Waals surface area contributed by atoms with Gasteiger partial charge >= 0.3 is 0 Å². The topological polar surface area (TPSA) is 9.23 Å². The minimum atomic E-state index is 0. The molecule has 0 aromatic rings. The van der Waals surface area contributed by atoms with Crippen molar-refractivity contribution in [1.82, 2.24) is 0 Å². The van der Waals surface area contributed by atoms with Gasteiger partial charge in [-0.3, -0.25) is 0 Å². The Bertz CT molecular complexity index is 62.5. The summed E-state index contributed by atoms with van der Waals surface area (Å²) in [7, 11) is 6.14. The molecule has 0 heterocycles. The molecule has 0 radical (unpaired) electrons. The lowest BCUT2D eigenvalue weighted by Gasteiger charge is -2.22. The zero-order valence-electron chi connectivity index (χ0n) is 6.03. The summed E-state index contributed by atoms with van der Waals surface area (Å²) in [4.78, 5) is 0. The summed E-state index contributed by atoms with van der Waals surface area (Å²) in [5.74, 6) is 0. The fourth-order valence-corrected chi connectivity index (χ4v) is 0.377. The molecule has 0 bridgehead atoms.